The first-order valence-corrected chi connectivity index (χ1v) is 7.73. The number of hydrogen-bond acceptors (Lipinski definition) is 1. The molecule has 0 amide bonds. The fourth-order valence-corrected chi connectivity index (χ4v) is 3.12. The van der Waals surface area contributed by atoms with Crippen molar-refractivity contribution in [3.8, 4) is 5.69 Å². The minimum absolute atomic E-state index is 0.392. The summed E-state index contributed by atoms with van der Waals surface area (Å²) in [6, 6.07) is 12.5. The molecule has 0 aliphatic heterocycles. The van der Waals surface area contributed by atoms with Crippen LogP contribution in [0.25, 0.3) is 16.7 Å². The van der Waals surface area contributed by atoms with E-state index in [2.05, 4.69) is 69.7 Å². The Morgan fingerprint density at radius 3 is 2.65 bits per heavy atom. The zero-order chi connectivity index (χ0) is 14.3. The quantitative estimate of drug-likeness (QED) is 0.585. The minimum atomic E-state index is 0.392. The maximum absolute atomic E-state index is 6.08. The molecule has 2 nitrogen and oxygen atoms in total. The van der Waals surface area contributed by atoms with Crippen molar-refractivity contribution in [2.45, 2.75) is 19.7 Å². The fraction of sp³-hybridized carbons (Fsp3) is 0.188. The van der Waals surface area contributed by atoms with Gasteiger partial charge in [0.15, 0.2) is 0 Å². The summed E-state index contributed by atoms with van der Waals surface area (Å²) in [6.07, 6.45) is 0. The summed E-state index contributed by atoms with van der Waals surface area (Å²) in [4.78, 5) is 4.65. The monoisotopic (exact) mass is 348 g/mol. The van der Waals surface area contributed by atoms with Crippen molar-refractivity contribution in [2.75, 3.05) is 0 Å². The normalized spacial score (nSPS) is 11.2. The predicted octanol–water partition coefficient (Wildman–Crippen LogP) is 5.14. The molecule has 0 N–H and O–H groups in total. The lowest BCUT2D eigenvalue weighted by Gasteiger charge is -2.11. The van der Waals surface area contributed by atoms with E-state index in [4.69, 9.17) is 11.6 Å². The highest BCUT2D eigenvalue weighted by molar-refractivity contribution is 9.10. The molecule has 1 heterocycles. The number of benzene rings is 2. The first-order valence-electron chi connectivity index (χ1n) is 6.40. The number of halogens is 2. The molecule has 0 atom stereocenters. The predicted molar refractivity (Wildman–Crippen MR) is 87.8 cm³/mol. The van der Waals surface area contributed by atoms with Gasteiger partial charge in [0.05, 0.1) is 22.6 Å². The van der Waals surface area contributed by atoms with Crippen LogP contribution in [-0.4, -0.2) is 9.55 Å². The Bertz CT molecular complexity index is 793. The number of hydrogen-bond donors (Lipinski definition) is 0. The Morgan fingerprint density at radius 2 is 1.95 bits per heavy atom. The van der Waals surface area contributed by atoms with Crippen LogP contribution < -0.4 is 0 Å². The average Bonchev–Trinajstić information content (AvgIpc) is 2.76. The molecular weight excluding hydrogens is 336 g/mol. The molecular formula is C16H14BrClN2. The fourth-order valence-electron chi connectivity index (χ4n) is 2.47. The van der Waals surface area contributed by atoms with Crippen LogP contribution >= 0.6 is 27.5 Å². The van der Waals surface area contributed by atoms with E-state index >= 15 is 0 Å². The summed E-state index contributed by atoms with van der Waals surface area (Å²) in [6.45, 7) is 4.17. The van der Waals surface area contributed by atoms with Crippen LogP contribution in [0.1, 0.15) is 17.0 Å². The summed E-state index contributed by atoms with van der Waals surface area (Å²) in [5.41, 5.74) is 5.59. The lowest BCUT2D eigenvalue weighted by atomic mass is 10.2. The van der Waals surface area contributed by atoms with Gasteiger partial charge in [-0.25, -0.2) is 4.98 Å². The van der Waals surface area contributed by atoms with Crippen molar-refractivity contribution < 1.29 is 0 Å². The second-order valence-electron chi connectivity index (χ2n) is 4.92. The van der Waals surface area contributed by atoms with Crippen LogP contribution in [-0.2, 0) is 5.88 Å². The third-order valence-corrected chi connectivity index (χ3v) is 4.13. The number of nitrogens with zero attached hydrogens (tertiary/aromatic N) is 2. The Kier molecular flexibility index (Phi) is 3.57. The number of aryl methyl sites for hydroxylation is 2. The molecule has 0 saturated carbocycles. The van der Waals surface area contributed by atoms with Crippen molar-refractivity contribution in [1.29, 1.82) is 0 Å². The van der Waals surface area contributed by atoms with Crippen LogP contribution in [0.2, 0.25) is 0 Å². The van der Waals surface area contributed by atoms with Gasteiger partial charge in [-0.15, -0.1) is 11.6 Å². The van der Waals surface area contributed by atoms with Gasteiger partial charge in [0.1, 0.15) is 5.82 Å². The van der Waals surface area contributed by atoms with Crippen LogP contribution in [0.3, 0.4) is 0 Å². The summed E-state index contributed by atoms with van der Waals surface area (Å²) < 4.78 is 3.22. The molecule has 0 aliphatic carbocycles. The number of alkyl halides is 1. The van der Waals surface area contributed by atoms with Crippen LogP contribution in [0.4, 0.5) is 0 Å². The van der Waals surface area contributed by atoms with Crippen LogP contribution in [0.15, 0.2) is 40.9 Å². The lowest BCUT2D eigenvalue weighted by Crippen LogP contribution is -2.01. The van der Waals surface area contributed by atoms with Gasteiger partial charge in [-0.1, -0.05) is 22.0 Å². The van der Waals surface area contributed by atoms with Crippen molar-refractivity contribution in [2.24, 2.45) is 0 Å². The zero-order valence-electron chi connectivity index (χ0n) is 11.3. The molecule has 0 aliphatic rings. The largest absolute Gasteiger partial charge is 0.295 e. The van der Waals surface area contributed by atoms with Crippen molar-refractivity contribution in [1.82, 2.24) is 9.55 Å². The highest BCUT2D eigenvalue weighted by Crippen LogP contribution is 2.27. The SMILES string of the molecule is Cc1ccc2c(c1)nc(CCl)n2-c1ccc(Br)cc1C. The standard InChI is InChI=1S/C16H14BrClN2/c1-10-3-5-15-13(7-10)19-16(9-18)20(15)14-6-4-12(17)8-11(14)2/h3-8H,9H2,1-2H3. The summed E-state index contributed by atoms with van der Waals surface area (Å²) >= 11 is 9.59. The van der Waals surface area contributed by atoms with Gasteiger partial charge in [-0.3, -0.25) is 4.57 Å². The van der Waals surface area contributed by atoms with Gasteiger partial charge in [0, 0.05) is 4.47 Å². The summed E-state index contributed by atoms with van der Waals surface area (Å²) in [5, 5.41) is 0. The smallest absolute Gasteiger partial charge is 0.129 e. The first kappa shape index (κ1) is 13.7. The highest BCUT2D eigenvalue weighted by atomic mass is 79.9. The summed E-state index contributed by atoms with van der Waals surface area (Å²) in [7, 11) is 0. The topological polar surface area (TPSA) is 17.8 Å². The molecule has 1 aromatic heterocycles. The summed E-state index contributed by atoms with van der Waals surface area (Å²) in [5.74, 6) is 1.26. The molecule has 0 bridgehead atoms. The van der Waals surface area contributed by atoms with Gasteiger partial charge in [0.2, 0.25) is 0 Å². The average molecular weight is 350 g/mol. The van der Waals surface area contributed by atoms with Crippen LogP contribution in [0, 0.1) is 13.8 Å². The molecule has 102 valence electrons. The van der Waals surface area contributed by atoms with Crippen molar-refractivity contribution in [3.63, 3.8) is 0 Å². The Balaban J connectivity index is 2.34. The van der Waals surface area contributed by atoms with Gasteiger partial charge in [-0.05, 0) is 55.3 Å². The molecule has 3 aromatic rings. The second-order valence-corrected chi connectivity index (χ2v) is 6.10. The van der Waals surface area contributed by atoms with E-state index in [1.165, 1.54) is 11.1 Å². The molecule has 0 unspecified atom stereocenters. The maximum Gasteiger partial charge on any atom is 0.129 e. The highest BCUT2D eigenvalue weighted by Gasteiger charge is 2.13. The van der Waals surface area contributed by atoms with Gasteiger partial charge >= 0.3 is 0 Å². The van der Waals surface area contributed by atoms with E-state index in [9.17, 15) is 0 Å². The molecule has 0 saturated heterocycles. The number of aromatic nitrogens is 2. The lowest BCUT2D eigenvalue weighted by molar-refractivity contribution is 0.972. The third kappa shape index (κ3) is 2.25. The van der Waals surface area contributed by atoms with E-state index in [-0.39, 0.29) is 0 Å². The number of imidazole rings is 1. The molecule has 3 rings (SSSR count). The van der Waals surface area contributed by atoms with Gasteiger partial charge in [-0.2, -0.15) is 0 Å². The molecule has 0 spiro atoms. The van der Waals surface area contributed by atoms with Gasteiger partial charge in [0.25, 0.3) is 0 Å². The number of rotatable bonds is 2. The van der Waals surface area contributed by atoms with E-state index in [0.29, 0.717) is 5.88 Å². The van der Waals surface area contributed by atoms with E-state index in [0.717, 1.165) is 27.0 Å². The third-order valence-electron chi connectivity index (χ3n) is 3.40. The Labute approximate surface area is 131 Å². The van der Waals surface area contributed by atoms with Crippen LogP contribution in [0.5, 0.6) is 0 Å². The molecule has 20 heavy (non-hydrogen) atoms. The number of fused-ring (bicyclic) bond motifs is 1. The Hall–Kier alpha value is -1.32. The van der Waals surface area contributed by atoms with Crippen molar-refractivity contribution >= 4 is 38.6 Å². The van der Waals surface area contributed by atoms with Gasteiger partial charge < -0.3 is 0 Å². The van der Waals surface area contributed by atoms with E-state index in [1.807, 2.05) is 6.07 Å². The maximum atomic E-state index is 6.08. The molecule has 4 heteroatoms. The molecule has 0 fully saturated rings. The van der Waals surface area contributed by atoms with E-state index < -0.39 is 0 Å². The molecule has 0 radical (unpaired) electrons. The molecule has 2 aromatic carbocycles. The van der Waals surface area contributed by atoms with Crippen molar-refractivity contribution in [3.05, 3.63) is 57.8 Å². The minimum Gasteiger partial charge on any atom is -0.295 e. The zero-order valence-corrected chi connectivity index (χ0v) is 13.7. The van der Waals surface area contributed by atoms with E-state index in [1.54, 1.807) is 0 Å². The Morgan fingerprint density at radius 1 is 1.15 bits per heavy atom. The first-order chi connectivity index (χ1) is 9.60. The second kappa shape index (κ2) is 5.23.